The van der Waals surface area contributed by atoms with Gasteiger partial charge < -0.3 is 30.2 Å². The molecule has 0 amide bonds. The number of aryl methyl sites for hydroxylation is 1. The molecule has 1 saturated heterocycles. The number of nitriles is 1. The van der Waals surface area contributed by atoms with Crippen LogP contribution in [0.3, 0.4) is 0 Å². The van der Waals surface area contributed by atoms with Gasteiger partial charge in [-0.3, -0.25) is 0 Å². The van der Waals surface area contributed by atoms with E-state index in [0.717, 1.165) is 67.0 Å². The molecule has 4 rings (SSSR count). The topological polar surface area (TPSA) is 130 Å². The normalized spacial score (nSPS) is 20.9. The molecule has 3 heterocycles. The Kier molecular flexibility index (Phi) is 11.3. The summed E-state index contributed by atoms with van der Waals surface area (Å²) < 4.78 is 15.8. The summed E-state index contributed by atoms with van der Waals surface area (Å²) in [4.78, 5) is 21.0. The molecule has 0 spiro atoms. The third-order valence-electron chi connectivity index (χ3n) is 7.92. The first-order chi connectivity index (χ1) is 19.9. The number of carbonyl (C=O) groups is 1. The number of aromatic nitrogens is 2. The van der Waals surface area contributed by atoms with Crippen molar-refractivity contribution in [3.05, 3.63) is 36.0 Å². The zero-order valence-electron chi connectivity index (χ0n) is 24.6. The molecule has 1 aliphatic heterocycles. The Morgan fingerprint density at radius 2 is 1.95 bits per heavy atom. The van der Waals surface area contributed by atoms with E-state index in [1.165, 1.54) is 0 Å². The zero-order chi connectivity index (χ0) is 29.1. The zero-order valence-corrected chi connectivity index (χ0v) is 24.6. The summed E-state index contributed by atoms with van der Waals surface area (Å²) in [5.74, 6) is 1.30. The van der Waals surface area contributed by atoms with E-state index in [0.29, 0.717) is 45.1 Å². The van der Waals surface area contributed by atoms with Crippen molar-refractivity contribution in [2.75, 3.05) is 50.2 Å². The Balaban J connectivity index is 1.28. The van der Waals surface area contributed by atoms with Crippen molar-refractivity contribution in [1.82, 2.24) is 15.3 Å². The van der Waals surface area contributed by atoms with Crippen molar-refractivity contribution in [1.29, 1.82) is 5.26 Å². The van der Waals surface area contributed by atoms with E-state index in [-0.39, 0.29) is 18.6 Å². The molecule has 1 saturated carbocycles. The number of carbonyl (C=O) groups excluding carboxylic acids is 1. The monoisotopic (exact) mass is 564 g/mol. The van der Waals surface area contributed by atoms with Crippen LogP contribution in [0, 0.1) is 23.7 Å². The number of ether oxygens (including phenoxy) is 3. The maximum atomic E-state index is 11.4. The van der Waals surface area contributed by atoms with Gasteiger partial charge in [0.05, 0.1) is 30.4 Å². The minimum absolute atomic E-state index is 0.00386. The molecule has 10 heteroatoms. The molecular formula is C31H44N6O4. The summed E-state index contributed by atoms with van der Waals surface area (Å²) in [5, 5.41) is 20.4. The maximum absolute atomic E-state index is 11.4. The summed E-state index contributed by atoms with van der Waals surface area (Å²) in [6.07, 6.45) is 7.57. The lowest BCUT2D eigenvalue weighted by atomic mass is 9.82. The van der Waals surface area contributed by atoms with Gasteiger partial charge >= 0.3 is 5.97 Å². The minimum Gasteiger partial charge on any atom is -0.464 e. The molecule has 222 valence electrons. The number of esters is 1. The Hall–Kier alpha value is -3.26. The highest BCUT2D eigenvalue weighted by Crippen LogP contribution is 2.31. The van der Waals surface area contributed by atoms with Gasteiger partial charge in [0.1, 0.15) is 18.2 Å². The van der Waals surface area contributed by atoms with Crippen LogP contribution in [0.4, 0.5) is 11.6 Å². The van der Waals surface area contributed by atoms with Crippen LogP contribution in [0.2, 0.25) is 0 Å². The molecule has 0 bridgehead atoms. The lowest BCUT2D eigenvalue weighted by Crippen LogP contribution is -2.43. The van der Waals surface area contributed by atoms with Gasteiger partial charge in [0.25, 0.3) is 0 Å². The molecule has 0 radical (unpaired) electrons. The number of rotatable bonds is 13. The molecule has 1 aliphatic carbocycles. The fourth-order valence-electron chi connectivity index (χ4n) is 5.50. The first-order valence-corrected chi connectivity index (χ1v) is 14.8. The molecule has 1 atom stereocenters. The van der Waals surface area contributed by atoms with Crippen molar-refractivity contribution in [2.45, 2.75) is 77.4 Å². The molecule has 0 unspecified atom stereocenters. The summed E-state index contributed by atoms with van der Waals surface area (Å²) >= 11 is 0. The Morgan fingerprint density at radius 3 is 2.68 bits per heavy atom. The number of hydrogen-bond acceptors (Lipinski definition) is 10. The number of nitrogens with one attached hydrogen (secondary N) is 3. The smallest absolute Gasteiger partial charge is 0.332 e. The fraction of sp³-hybridized carbons (Fsp3) is 0.613. The van der Waals surface area contributed by atoms with Crippen molar-refractivity contribution < 1.29 is 19.0 Å². The molecule has 2 aromatic heterocycles. The largest absolute Gasteiger partial charge is 0.464 e. The predicted octanol–water partition coefficient (Wildman–Crippen LogP) is 4.47. The van der Waals surface area contributed by atoms with Crippen LogP contribution in [-0.4, -0.2) is 73.6 Å². The number of nitrogens with zero attached hydrogens (tertiary/aromatic N) is 3. The van der Waals surface area contributed by atoms with E-state index >= 15 is 0 Å². The molecule has 2 aromatic rings. The number of pyridine rings is 2. The van der Waals surface area contributed by atoms with E-state index in [1.807, 2.05) is 24.4 Å². The van der Waals surface area contributed by atoms with Crippen molar-refractivity contribution in [2.24, 2.45) is 5.41 Å². The van der Waals surface area contributed by atoms with Gasteiger partial charge in [-0.05, 0) is 83.1 Å². The molecule has 0 aromatic carbocycles. The van der Waals surface area contributed by atoms with Crippen molar-refractivity contribution in [3.8, 4) is 17.3 Å². The van der Waals surface area contributed by atoms with Crippen molar-refractivity contribution in [3.63, 3.8) is 0 Å². The Bertz CT molecular complexity index is 1170. The first kappa shape index (κ1) is 30.7. The third kappa shape index (κ3) is 9.12. The first-order valence-electron chi connectivity index (χ1n) is 14.8. The predicted molar refractivity (Wildman–Crippen MR) is 159 cm³/mol. The van der Waals surface area contributed by atoms with Gasteiger partial charge in [0, 0.05) is 49.6 Å². The highest BCUT2D eigenvalue weighted by atomic mass is 16.6. The summed E-state index contributed by atoms with van der Waals surface area (Å²) in [6.45, 7) is 8.57. The summed E-state index contributed by atoms with van der Waals surface area (Å²) in [6, 6.07) is 11.5. The fourth-order valence-corrected chi connectivity index (χ4v) is 5.50. The third-order valence-corrected chi connectivity index (χ3v) is 7.92. The minimum atomic E-state index is -0.413. The van der Waals surface area contributed by atoms with Gasteiger partial charge in [0.2, 0.25) is 0 Å². The van der Waals surface area contributed by atoms with Crippen LogP contribution in [0.1, 0.15) is 57.9 Å². The second-order valence-electron chi connectivity index (χ2n) is 11.2. The van der Waals surface area contributed by atoms with Crippen LogP contribution in [0.25, 0.3) is 11.3 Å². The molecule has 2 fully saturated rings. The second-order valence-corrected chi connectivity index (χ2v) is 11.2. The van der Waals surface area contributed by atoms with Crippen LogP contribution < -0.4 is 16.0 Å². The van der Waals surface area contributed by atoms with E-state index in [4.69, 9.17) is 19.2 Å². The van der Waals surface area contributed by atoms with Crippen LogP contribution in [0.5, 0.6) is 0 Å². The second kappa shape index (κ2) is 15.1. The number of hydrogen-bond donors (Lipinski definition) is 3. The quantitative estimate of drug-likeness (QED) is 0.300. The molecule has 10 nitrogen and oxygen atoms in total. The molecule has 41 heavy (non-hydrogen) atoms. The van der Waals surface area contributed by atoms with Gasteiger partial charge in [-0.15, -0.1) is 0 Å². The van der Waals surface area contributed by atoms with Crippen LogP contribution in [-0.2, 0) is 19.0 Å². The lowest BCUT2D eigenvalue weighted by molar-refractivity contribution is -0.148. The average molecular weight is 565 g/mol. The summed E-state index contributed by atoms with van der Waals surface area (Å²) in [5.41, 5.74) is 2.57. The molecular weight excluding hydrogens is 520 g/mol. The Morgan fingerprint density at radius 1 is 1.20 bits per heavy atom. The van der Waals surface area contributed by atoms with E-state index in [2.05, 4.69) is 46.9 Å². The SMILES string of the molecule is CCOC(=O)COC[C@H](C)NC1CCC(Nc2cc(-c3cccc(NCC4(C#N)CCOCC4)n3)c(C)cn2)CC1. The van der Waals surface area contributed by atoms with Gasteiger partial charge in [-0.2, -0.15) is 5.26 Å². The number of anilines is 2. The van der Waals surface area contributed by atoms with Crippen LogP contribution >= 0.6 is 0 Å². The standard InChI is InChI=1S/C31H44N6O4/c1-4-41-30(38)19-40-18-23(3)35-24-8-10-25(11-9-24)36-29-16-26(22(2)17-33-29)27-6-5-7-28(37-27)34-21-31(20-32)12-14-39-15-13-31/h5-7,16-17,23-25,35H,4,8-15,18-19,21H2,1-3H3,(H,33,36)(H,34,37)/t23-,24?,25?/m0/s1. The highest BCUT2D eigenvalue weighted by Gasteiger charge is 2.32. The van der Waals surface area contributed by atoms with Gasteiger partial charge in [-0.1, -0.05) is 6.07 Å². The van der Waals surface area contributed by atoms with Crippen LogP contribution in [0.15, 0.2) is 30.5 Å². The van der Waals surface area contributed by atoms with E-state index in [1.54, 1.807) is 6.92 Å². The highest BCUT2D eigenvalue weighted by molar-refractivity contribution is 5.70. The molecule has 3 N–H and O–H groups in total. The Labute approximate surface area is 243 Å². The average Bonchev–Trinajstić information content (AvgIpc) is 2.99. The van der Waals surface area contributed by atoms with Crippen molar-refractivity contribution >= 4 is 17.6 Å². The van der Waals surface area contributed by atoms with E-state index in [9.17, 15) is 10.1 Å². The van der Waals surface area contributed by atoms with Gasteiger partial charge in [0.15, 0.2) is 0 Å². The summed E-state index contributed by atoms with van der Waals surface area (Å²) in [7, 11) is 0. The maximum Gasteiger partial charge on any atom is 0.332 e. The van der Waals surface area contributed by atoms with E-state index < -0.39 is 5.41 Å². The van der Waals surface area contributed by atoms with Gasteiger partial charge in [-0.25, -0.2) is 14.8 Å². The lowest BCUT2D eigenvalue weighted by Gasteiger charge is -2.32. The molecule has 2 aliphatic rings.